The number of nitrogens with one attached hydrogen (secondary N) is 1. The molecule has 0 aliphatic carbocycles. The average Bonchev–Trinajstić information content (AvgIpc) is 3.02. The second-order valence-electron chi connectivity index (χ2n) is 9.22. The zero-order valence-corrected chi connectivity index (χ0v) is 26.7. The Balaban J connectivity index is 0.00000165. The van der Waals surface area contributed by atoms with Gasteiger partial charge in [-0.1, -0.05) is 108 Å². The molecule has 5 aromatic rings. The van der Waals surface area contributed by atoms with Crippen LogP contribution in [-0.2, 0) is 33.1 Å². The van der Waals surface area contributed by atoms with E-state index in [9.17, 15) is 8.42 Å². The Hall–Kier alpha value is -3.52. The number of sulfonamides is 1. The molecule has 6 nitrogen and oxygen atoms in total. The second kappa shape index (κ2) is 16.9. The number of para-hydroxylation sites is 2. The van der Waals surface area contributed by atoms with Gasteiger partial charge in [-0.25, -0.2) is 8.42 Å². The Morgan fingerprint density at radius 2 is 1.02 bits per heavy atom. The third-order valence-electron chi connectivity index (χ3n) is 6.14. The van der Waals surface area contributed by atoms with Gasteiger partial charge >= 0.3 is 27.0 Å². The van der Waals surface area contributed by atoms with Gasteiger partial charge in [0, 0.05) is 6.07 Å². The van der Waals surface area contributed by atoms with Gasteiger partial charge in [-0.3, -0.25) is 0 Å². The van der Waals surface area contributed by atoms with Crippen molar-refractivity contribution < 1.29 is 35.2 Å². The monoisotopic (exact) mass is 700 g/mol. The maximum Gasteiger partial charge on any atom is 0.131 e. The van der Waals surface area contributed by atoms with Gasteiger partial charge in [-0.2, -0.15) is 0 Å². The molecule has 0 heterocycles. The first-order chi connectivity index (χ1) is 20.4. The van der Waals surface area contributed by atoms with Gasteiger partial charge < -0.3 is 27.4 Å². The fraction of sp³-hybridized carbons (Fsp3) is 0.0882. The molecule has 0 radical (unpaired) electrons. The van der Waals surface area contributed by atoms with E-state index in [0.717, 1.165) is 0 Å². The molecule has 43 heavy (non-hydrogen) atoms. The summed E-state index contributed by atoms with van der Waals surface area (Å²) in [6.07, 6.45) is 0. The van der Waals surface area contributed by atoms with Crippen molar-refractivity contribution in [3.05, 3.63) is 174 Å². The first-order valence-electron chi connectivity index (χ1n) is 12.9. The Bertz CT molecular complexity index is 1570. The van der Waals surface area contributed by atoms with Crippen molar-refractivity contribution in [2.75, 3.05) is 0 Å². The summed E-state index contributed by atoms with van der Waals surface area (Å²) < 4.78 is 43.4. The van der Waals surface area contributed by atoms with Crippen molar-refractivity contribution in [2.24, 2.45) is 0 Å². The number of nitrogens with zero attached hydrogens (tertiary/aromatic N) is 1. The maximum absolute atomic E-state index is 13.5. The van der Waals surface area contributed by atoms with Crippen LogP contribution in [0.15, 0.2) is 140 Å². The van der Waals surface area contributed by atoms with Crippen molar-refractivity contribution >= 4 is 19.7 Å². The van der Waals surface area contributed by atoms with Crippen molar-refractivity contribution in [3.63, 3.8) is 0 Å². The molecule has 2 atom stereocenters. The molecule has 222 valence electrons. The molecule has 0 aliphatic heterocycles. The van der Waals surface area contributed by atoms with Crippen molar-refractivity contribution in [2.45, 2.75) is 17.8 Å². The average molecular weight is 700 g/mol. The van der Waals surface area contributed by atoms with E-state index in [2.05, 4.69) is 14.4 Å². The van der Waals surface area contributed by atoms with Crippen LogP contribution in [0.5, 0.6) is 23.0 Å². The number of benzene rings is 5. The Morgan fingerprint density at radius 3 is 1.47 bits per heavy atom. The van der Waals surface area contributed by atoms with Gasteiger partial charge in [-0.15, -0.1) is 12.1 Å². The number of hydrogen-bond donors (Lipinski definition) is 0. The van der Waals surface area contributed by atoms with Crippen LogP contribution in [0.1, 0.15) is 28.8 Å². The largest absolute Gasteiger partial charge is 0.672 e. The van der Waals surface area contributed by atoms with E-state index < -0.39 is 22.1 Å². The molecule has 5 rings (SSSR count). The van der Waals surface area contributed by atoms with Crippen LogP contribution in [0.4, 0.5) is 0 Å². The van der Waals surface area contributed by atoms with Crippen LogP contribution in [0, 0.1) is 7.43 Å². The van der Waals surface area contributed by atoms with Crippen LogP contribution in [0.25, 0.3) is 10.5 Å². The smallest absolute Gasteiger partial charge is 0.131 e. The van der Waals surface area contributed by atoms with E-state index in [1.165, 1.54) is 0 Å². The van der Waals surface area contributed by atoms with Crippen LogP contribution in [0.2, 0.25) is 0 Å². The SMILES string of the molecule is [CH3-].[Cl][Ru+3].[NH-]C(c1ccccc1)C([N-]S(=O)(=O)Cc1cc(Oc2ccccc2)cc(Oc2ccccc2)c1)c1ccccc1. The summed E-state index contributed by atoms with van der Waals surface area (Å²) in [6.45, 7) is 0. The number of hydrogen-bond acceptors (Lipinski definition) is 4. The fourth-order valence-corrected chi connectivity index (χ4v) is 5.56. The molecule has 9 heteroatoms. The first kappa shape index (κ1) is 34.0. The molecule has 2 unspecified atom stereocenters. The van der Waals surface area contributed by atoms with Gasteiger partial charge in [0.1, 0.15) is 23.0 Å². The molecule has 5 aromatic carbocycles. The molecule has 0 aromatic heterocycles. The molecule has 0 aliphatic rings. The molecular weight excluding hydrogens is 669 g/mol. The summed E-state index contributed by atoms with van der Waals surface area (Å²) >= 11 is 1.82. The van der Waals surface area contributed by atoms with Crippen LogP contribution in [0.3, 0.4) is 0 Å². The van der Waals surface area contributed by atoms with Crippen molar-refractivity contribution in [3.8, 4) is 23.0 Å². The molecule has 1 N–H and O–H groups in total. The number of rotatable bonds is 11. The second-order valence-corrected chi connectivity index (χ2v) is 10.9. The normalized spacial score (nSPS) is 12.0. The molecule has 0 amide bonds. The van der Waals surface area contributed by atoms with E-state index >= 15 is 0 Å². The molecule has 0 saturated carbocycles. The fourth-order valence-electron chi connectivity index (χ4n) is 4.31. The maximum atomic E-state index is 13.5. The van der Waals surface area contributed by atoms with Crippen LogP contribution in [-0.4, -0.2) is 8.42 Å². The predicted molar refractivity (Wildman–Crippen MR) is 170 cm³/mol. The van der Waals surface area contributed by atoms with Gasteiger partial charge in [0.05, 0.1) is 15.8 Å². The van der Waals surface area contributed by atoms with E-state index in [0.29, 0.717) is 39.7 Å². The van der Waals surface area contributed by atoms with Crippen molar-refractivity contribution in [1.82, 2.24) is 0 Å². The van der Waals surface area contributed by atoms with Gasteiger partial charge in [0.25, 0.3) is 0 Å². The summed E-state index contributed by atoms with van der Waals surface area (Å²) in [5, 5.41) is 0. The van der Waals surface area contributed by atoms with E-state index in [-0.39, 0.29) is 13.2 Å². The quantitative estimate of drug-likeness (QED) is 0.101. The number of halogens is 1. The van der Waals surface area contributed by atoms with E-state index in [1.807, 2.05) is 127 Å². The van der Waals surface area contributed by atoms with Gasteiger partial charge in [0.2, 0.25) is 0 Å². The molecular formula is C34H31ClN2O4RuS. The zero-order chi connectivity index (χ0) is 29.8. The standard InChI is InChI=1S/C33H28N2O4S.CH3.ClH.Ru/c34-32(26-13-5-1-6-14-26)33(27-15-7-2-8-16-27)35-40(36,37)24-25-21-30(38-28-17-9-3-10-18-28)23-31(22-25)39-29-19-11-4-12-20-29;;;/h1-23,32-34H,24H2;1H3;1H;/q-2;-1;;+4/p-1. The van der Waals surface area contributed by atoms with Crippen LogP contribution < -0.4 is 9.47 Å². The summed E-state index contributed by atoms with van der Waals surface area (Å²) in [5.41, 5.74) is 10.7. The van der Waals surface area contributed by atoms with Crippen molar-refractivity contribution in [1.29, 1.82) is 0 Å². The molecule has 0 fully saturated rings. The Kier molecular flexibility index (Phi) is 13.4. The minimum Gasteiger partial charge on any atom is -0.672 e. The summed E-state index contributed by atoms with van der Waals surface area (Å²) in [4.78, 5) is 0. The number of ether oxygens (including phenoxy) is 2. The summed E-state index contributed by atoms with van der Waals surface area (Å²) in [5.74, 6) is 1.72. The van der Waals surface area contributed by atoms with E-state index in [4.69, 9.17) is 15.2 Å². The first-order valence-corrected chi connectivity index (χ1v) is 16.8. The topological polar surface area (TPSA) is 90.5 Å². The van der Waals surface area contributed by atoms with Crippen LogP contribution >= 0.6 is 9.69 Å². The third kappa shape index (κ3) is 10.3. The molecule has 0 bridgehead atoms. The summed E-state index contributed by atoms with van der Waals surface area (Å²) in [6, 6.07) is 40.0. The molecule has 0 saturated heterocycles. The third-order valence-corrected chi connectivity index (χ3v) is 7.38. The predicted octanol–water partition coefficient (Wildman–Crippen LogP) is 10.1. The zero-order valence-electron chi connectivity index (χ0n) is 23.4. The molecule has 0 spiro atoms. The summed E-state index contributed by atoms with van der Waals surface area (Å²) in [7, 11) is 0.549. The van der Waals surface area contributed by atoms with Gasteiger partial charge in [-0.05, 0) is 42.0 Å². The minimum absolute atomic E-state index is 0. The van der Waals surface area contributed by atoms with E-state index in [1.54, 1.807) is 30.3 Å². The van der Waals surface area contributed by atoms with Gasteiger partial charge in [0.15, 0.2) is 0 Å². The Labute approximate surface area is 268 Å². The minimum atomic E-state index is -4.02. The Morgan fingerprint density at radius 1 is 0.628 bits per heavy atom.